The van der Waals surface area contributed by atoms with E-state index in [0.29, 0.717) is 37.2 Å². The van der Waals surface area contributed by atoms with Crippen LogP contribution in [-0.4, -0.2) is 38.9 Å². The molecule has 0 aliphatic carbocycles. The Hall–Kier alpha value is -0.610. The van der Waals surface area contributed by atoms with E-state index in [1.165, 1.54) is 6.42 Å². The molecule has 0 unspecified atom stereocenters. The average Bonchev–Trinajstić information content (AvgIpc) is 2.67. The van der Waals surface area contributed by atoms with Crippen LogP contribution in [0.2, 0.25) is 0 Å². The van der Waals surface area contributed by atoms with Crippen LogP contribution in [0, 0.1) is 21.7 Å². The number of hydrogen-bond donors (Lipinski definition) is 1. The Morgan fingerprint density at radius 1 is 0.688 bits per heavy atom. The van der Waals surface area contributed by atoms with Crippen molar-refractivity contribution in [3.05, 3.63) is 0 Å². The molecule has 0 saturated heterocycles. The van der Waals surface area contributed by atoms with Crippen LogP contribution in [0.15, 0.2) is 0 Å². The van der Waals surface area contributed by atoms with Crippen LogP contribution in [0.1, 0.15) is 123 Å². The van der Waals surface area contributed by atoms with Gasteiger partial charge < -0.3 is 14.8 Å². The van der Waals surface area contributed by atoms with E-state index in [4.69, 9.17) is 9.47 Å². The van der Waals surface area contributed by atoms with Gasteiger partial charge in [0.15, 0.2) is 0 Å². The Morgan fingerprint density at radius 3 is 1.59 bits per heavy atom. The van der Waals surface area contributed by atoms with E-state index >= 15 is 0 Å². The highest BCUT2D eigenvalue weighted by Gasteiger charge is 2.33. The van der Waals surface area contributed by atoms with Crippen LogP contribution in [0.5, 0.6) is 0 Å². The van der Waals surface area contributed by atoms with Gasteiger partial charge >= 0.3 is 0 Å². The predicted molar refractivity (Wildman–Crippen MR) is 142 cm³/mol. The number of nitrogens with one attached hydrogen (secondary N) is 1. The maximum Gasteiger partial charge on any atom is 0.225 e. The molecule has 0 aromatic heterocycles. The van der Waals surface area contributed by atoms with Gasteiger partial charge in [0.2, 0.25) is 5.91 Å². The topological polar surface area (TPSA) is 47.6 Å². The molecule has 196 valence electrons. The van der Waals surface area contributed by atoms with Crippen LogP contribution < -0.4 is 5.32 Å². The van der Waals surface area contributed by atoms with E-state index in [0.717, 1.165) is 25.9 Å². The van der Waals surface area contributed by atoms with Crippen molar-refractivity contribution in [1.82, 2.24) is 5.32 Å². The molecule has 0 aliphatic rings. The molecule has 0 rings (SSSR count). The molecule has 4 heteroatoms. The lowest BCUT2D eigenvalue weighted by atomic mass is 9.73. The van der Waals surface area contributed by atoms with Gasteiger partial charge in [-0.2, -0.15) is 0 Å². The fourth-order valence-electron chi connectivity index (χ4n) is 4.07. The Morgan fingerprint density at radius 2 is 1.16 bits per heavy atom. The molecule has 0 fully saturated rings. The van der Waals surface area contributed by atoms with Crippen molar-refractivity contribution in [3.63, 3.8) is 0 Å². The zero-order valence-corrected chi connectivity index (χ0v) is 24.6. The minimum Gasteiger partial charge on any atom is -0.379 e. The van der Waals surface area contributed by atoms with E-state index in [1.54, 1.807) is 0 Å². The number of hydrogen-bond acceptors (Lipinski definition) is 3. The number of rotatable bonds is 14. The van der Waals surface area contributed by atoms with Crippen molar-refractivity contribution < 1.29 is 14.3 Å². The standard InChI is InChI=1S/C24H49NO3.2C2H6/c1-11-22(5,6)19-24(9,10)20(26)25-13-15-28-17-16-27-14-12-23(7,8)18-21(2,3)4;2*1-2/h11-19H2,1-10H3,(H,25,26);2*1-2H3. The van der Waals surface area contributed by atoms with Gasteiger partial charge in [-0.15, -0.1) is 0 Å². The molecule has 0 aromatic rings. The smallest absolute Gasteiger partial charge is 0.225 e. The highest BCUT2D eigenvalue weighted by atomic mass is 16.5. The monoisotopic (exact) mass is 459 g/mol. The third-order valence-electron chi connectivity index (χ3n) is 5.33. The Bertz CT molecular complexity index is 448. The first-order valence-corrected chi connectivity index (χ1v) is 13.0. The fraction of sp³-hybridized carbons (Fsp3) is 0.964. The van der Waals surface area contributed by atoms with Crippen molar-refractivity contribution in [2.24, 2.45) is 21.7 Å². The summed E-state index contributed by atoms with van der Waals surface area (Å²) in [6.07, 6.45) is 4.19. The van der Waals surface area contributed by atoms with E-state index in [-0.39, 0.29) is 16.7 Å². The summed E-state index contributed by atoms with van der Waals surface area (Å²) < 4.78 is 11.3. The van der Waals surface area contributed by atoms with Crippen molar-refractivity contribution in [1.29, 1.82) is 0 Å². The van der Waals surface area contributed by atoms with Crippen LogP contribution in [-0.2, 0) is 14.3 Å². The van der Waals surface area contributed by atoms with Crippen molar-refractivity contribution in [2.45, 2.75) is 123 Å². The number of amides is 1. The normalized spacial score (nSPS) is 12.3. The summed E-state index contributed by atoms with van der Waals surface area (Å²) in [5, 5.41) is 3.01. The summed E-state index contributed by atoms with van der Waals surface area (Å²) in [7, 11) is 0. The molecular formula is C28H61NO3. The van der Waals surface area contributed by atoms with E-state index in [1.807, 2.05) is 41.5 Å². The summed E-state index contributed by atoms with van der Waals surface area (Å²) >= 11 is 0. The minimum absolute atomic E-state index is 0.106. The summed E-state index contributed by atoms with van der Waals surface area (Å²) in [6.45, 7) is 33.2. The molecule has 0 aromatic carbocycles. The van der Waals surface area contributed by atoms with Gasteiger partial charge in [-0.3, -0.25) is 4.79 Å². The first-order chi connectivity index (χ1) is 14.6. The van der Waals surface area contributed by atoms with Gasteiger partial charge in [0, 0.05) is 18.6 Å². The molecular weight excluding hydrogens is 398 g/mol. The van der Waals surface area contributed by atoms with E-state index in [9.17, 15) is 4.79 Å². The van der Waals surface area contributed by atoms with Crippen LogP contribution in [0.3, 0.4) is 0 Å². The number of carbonyl (C=O) groups excluding carboxylic acids is 1. The van der Waals surface area contributed by atoms with Gasteiger partial charge in [-0.05, 0) is 35.5 Å². The van der Waals surface area contributed by atoms with E-state index in [2.05, 4.69) is 60.7 Å². The molecule has 0 spiro atoms. The average molecular weight is 460 g/mol. The first kappa shape index (κ1) is 36.0. The Kier molecular flexibility index (Phi) is 20.0. The molecule has 4 nitrogen and oxygen atoms in total. The minimum atomic E-state index is -0.359. The second-order valence-corrected chi connectivity index (χ2v) is 11.7. The molecule has 0 aliphatic heterocycles. The first-order valence-electron chi connectivity index (χ1n) is 13.0. The fourth-order valence-corrected chi connectivity index (χ4v) is 4.07. The summed E-state index contributed by atoms with van der Waals surface area (Å²) in [5.41, 5.74) is 0.457. The Labute approximate surface area is 203 Å². The zero-order chi connectivity index (χ0) is 26.1. The Balaban J connectivity index is -0.00000198. The molecule has 0 saturated carbocycles. The maximum absolute atomic E-state index is 12.4. The maximum atomic E-state index is 12.4. The molecule has 0 bridgehead atoms. The SMILES string of the molecule is CC.CC.CCC(C)(C)CC(C)(C)C(=O)NCCOCCOCCC(C)(C)CC(C)(C)C. The summed E-state index contributed by atoms with van der Waals surface area (Å²) in [4.78, 5) is 12.4. The quantitative estimate of drug-likeness (QED) is 0.269. The third-order valence-corrected chi connectivity index (χ3v) is 5.33. The molecule has 0 radical (unpaired) electrons. The molecule has 32 heavy (non-hydrogen) atoms. The van der Waals surface area contributed by atoms with Gasteiger partial charge in [0.25, 0.3) is 0 Å². The van der Waals surface area contributed by atoms with Crippen molar-refractivity contribution in [2.75, 3.05) is 33.0 Å². The molecule has 0 atom stereocenters. The summed E-state index contributed by atoms with van der Waals surface area (Å²) in [6, 6.07) is 0. The second kappa shape index (κ2) is 17.8. The predicted octanol–water partition coefficient (Wildman–Crippen LogP) is 7.89. The van der Waals surface area contributed by atoms with Gasteiger partial charge in [-0.1, -0.05) is 103 Å². The van der Waals surface area contributed by atoms with Crippen LogP contribution in [0.4, 0.5) is 0 Å². The van der Waals surface area contributed by atoms with Crippen LogP contribution >= 0.6 is 0 Å². The number of carbonyl (C=O) groups is 1. The highest BCUT2D eigenvalue weighted by molar-refractivity contribution is 5.81. The molecule has 1 amide bonds. The van der Waals surface area contributed by atoms with E-state index < -0.39 is 0 Å². The lowest BCUT2D eigenvalue weighted by molar-refractivity contribution is -0.131. The van der Waals surface area contributed by atoms with Crippen molar-refractivity contribution in [3.8, 4) is 0 Å². The van der Waals surface area contributed by atoms with Gasteiger partial charge in [-0.25, -0.2) is 0 Å². The second-order valence-electron chi connectivity index (χ2n) is 11.7. The molecule has 0 heterocycles. The third kappa shape index (κ3) is 21.2. The van der Waals surface area contributed by atoms with Crippen molar-refractivity contribution >= 4 is 5.91 Å². The summed E-state index contributed by atoms with van der Waals surface area (Å²) in [5.74, 6) is 0.106. The van der Waals surface area contributed by atoms with Gasteiger partial charge in [0.1, 0.15) is 0 Å². The number of ether oxygens (including phenoxy) is 2. The largest absolute Gasteiger partial charge is 0.379 e. The lowest BCUT2D eigenvalue weighted by Gasteiger charge is -2.33. The molecule has 1 N–H and O–H groups in total. The van der Waals surface area contributed by atoms with Crippen LogP contribution in [0.25, 0.3) is 0 Å². The zero-order valence-electron chi connectivity index (χ0n) is 24.6. The highest BCUT2D eigenvalue weighted by Crippen LogP contribution is 2.36. The lowest BCUT2D eigenvalue weighted by Crippen LogP contribution is -2.41. The van der Waals surface area contributed by atoms with Gasteiger partial charge in [0.05, 0.1) is 19.8 Å².